The number of rotatable bonds is 6. The Hall–Kier alpha value is -1.36. The summed E-state index contributed by atoms with van der Waals surface area (Å²) in [7, 11) is 0. The molecule has 16 heavy (non-hydrogen) atoms. The van der Waals surface area contributed by atoms with Gasteiger partial charge in [-0.25, -0.2) is 0 Å². The molecule has 0 amide bonds. The highest BCUT2D eigenvalue weighted by Gasteiger charge is 2.00. The van der Waals surface area contributed by atoms with Gasteiger partial charge in [-0.05, 0) is 30.6 Å². The first kappa shape index (κ1) is 12.7. The lowest BCUT2D eigenvalue weighted by Crippen LogP contribution is -2.13. The maximum atomic E-state index is 8.54. The first-order valence-electron chi connectivity index (χ1n) is 4.97. The molecule has 0 aromatic heterocycles. The van der Waals surface area contributed by atoms with Gasteiger partial charge in [0.1, 0.15) is 5.75 Å². The van der Waals surface area contributed by atoms with E-state index in [-0.39, 0.29) is 5.84 Å². The Morgan fingerprint density at radius 1 is 1.56 bits per heavy atom. The average molecular weight is 240 g/mol. The summed E-state index contributed by atoms with van der Waals surface area (Å²) in [6.45, 7) is 0.681. The highest BCUT2D eigenvalue weighted by Crippen LogP contribution is 2.13. The van der Waals surface area contributed by atoms with Crippen LogP contribution in [0.25, 0.3) is 0 Å². The van der Waals surface area contributed by atoms with Gasteiger partial charge in [-0.1, -0.05) is 17.3 Å². The van der Waals surface area contributed by atoms with E-state index in [1.165, 1.54) is 0 Å². The van der Waals surface area contributed by atoms with Gasteiger partial charge < -0.3 is 15.7 Å². The number of thioether (sulfide) groups is 1. The lowest BCUT2D eigenvalue weighted by molar-refractivity contribution is 0.317. The van der Waals surface area contributed by atoms with Crippen molar-refractivity contribution in [2.75, 3.05) is 18.6 Å². The molecule has 1 aromatic rings. The molecule has 3 N–H and O–H groups in total. The third-order valence-electron chi connectivity index (χ3n) is 2.00. The molecular weight excluding hydrogens is 224 g/mol. The zero-order valence-electron chi connectivity index (χ0n) is 9.22. The minimum Gasteiger partial charge on any atom is -0.494 e. The molecule has 0 saturated heterocycles. The van der Waals surface area contributed by atoms with E-state index in [1.807, 2.05) is 12.1 Å². The Bertz CT molecular complexity index is 356. The predicted octanol–water partition coefficient (Wildman–Crippen LogP) is 1.91. The minimum absolute atomic E-state index is 0.0922. The first-order valence-corrected chi connectivity index (χ1v) is 6.37. The molecule has 0 heterocycles. The predicted molar refractivity (Wildman–Crippen MR) is 67.4 cm³/mol. The fourth-order valence-corrected chi connectivity index (χ4v) is 1.60. The van der Waals surface area contributed by atoms with E-state index in [0.29, 0.717) is 12.2 Å². The Labute approximate surface area is 99.5 Å². The van der Waals surface area contributed by atoms with Crippen molar-refractivity contribution < 1.29 is 9.94 Å². The average Bonchev–Trinajstić information content (AvgIpc) is 2.34. The summed E-state index contributed by atoms with van der Waals surface area (Å²) in [4.78, 5) is 0. The molecule has 0 saturated carbocycles. The summed E-state index contributed by atoms with van der Waals surface area (Å²) in [5.74, 6) is 1.92. The summed E-state index contributed by atoms with van der Waals surface area (Å²) in [6, 6.07) is 7.20. The Kier molecular flexibility index (Phi) is 5.56. The van der Waals surface area contributed by atoms with Crippen molar-refractivity contribution in [3.63, 3.8) is 0 Å². The lowest BCUT2D eigenvalue weighted by Gasteiger charge is -2.06. The highest BCUT2D eigenvalue weighted by molar-refractivity contribution is 7.98. The van der Waals surface area contributed by atoms with E-state index in [9.17, 15) is 0 Å². The van der Waals surface area contributed by atoms with E-state index in [0.717, 1.165) is 17.9 Å². The number of oxime groups is 1. The highest BCUT2D eigenvalue weighted by atomic mass is 32.2. The molecule has 88 valence electrons. The lowest BCUT2D eigenvalue weighted by atomic mass is 10.2. The topological polar surface area (TPSA) is 67.8 Å². The molecule has 1 aromatic carbocycles. The zero-order valence-corrected chi connectivity index (χ0v) is 10.0. The number of benzene rings is 1. The standard InChI is InChI=1S/C11H16N2O2S/c1-16-7-3-6-15-10-5-2-4-9(8-10)11(12)13-14/h2,4-5,8,14H,3,6-7H2,1H3,(H2,12,13). The Morgan fingerprint density at radius 3 is 3.06 bits per heavy atom. The van der Waals surface area contributed by atoms with Crippen molar-refractivity contribution in [2.24, 2.45) is 10.9 Å². The number of nitrogens with zero attached hydrogens (tertiary/aromatic N) is 1. The second kappa shape index (κ2) is 7.00. The third kappa shape index (κ3) is 4.02. The zero-order chi connectivity index (χ0) is 11.8. The third-order valence-corrected chi connectivity index (χ3v) is 2.70. The molecule has 5 heteroatoms. The van der Waals surface area contributed by atoms with Gasteiger partial charge >= 0.3 is 0 Å². The molecule has 0 spiro atoms. The van der Waals surface area contributed by atoms with Crippen LogP contribution in [0.1, 0.15) is 12.0 Å². The van der Waals surface area contributed by atoms with Crippen molar-refractivity contribution in [3.8, 4) is 5.75 Å². The second-order valence-electron chi connectivity index (χ2n) is 3.21. The largest absolute Gasteiger partial charge is 0.494 e. The minimum atomic E-state index is 0.0922. The van der Waals surface area contributed by atoms with Crippen LogP contribution in [0, 0.1) is 0 Å². The molecule has 0 aliphatic heterocycles. The van der Waals surface area contributed by atoms with E-state index in [2.05, 4.69) is 11.4 Å². The molecule has 0 aliphatic carbocycles. The van der Waals surface area contributed by atoms with Gasteiger partial charge in [0.15, 0.2) is 5.84 Å². The number of hydrogen-bond acceptors (Lipinski definition) is 4. The summed E-state index contributed by atoms with van der Waals surface area (Å²) in [5, 5.41) is 11.5. The van der Waals surface area contributed by atoms with Crippen LogP contribution < -0.4 is 10.5 Å². The van der Waals surface area contributed by atoms with Gasteiger partial charge in [-0.2, -0.15) is 11.8 Å². The van der Waals surface area contributed by atoms with Gasteiger partial charge in [-0.15, -0.1) is 0 Å². The van der Waals surface area contributed by atoms with Crippen LogP contribution in [0.5, 0.6) is 5.75 Å². The molecule has 0 aliphatic rings. The molecular formula is C11H16N2O2S. The fraction of sp³-hybridized carbons (Fsp3) is 0.364. The normalized spacial score (nSPS) is 11.4. The smallest absolute Gasteiger partial charge is 0.170 e. The van der Waals surface area contributed by atoms with E-state index in [1.54, 1.807) is 23.9 Å². The molecule has 1 rings (SSSR count). The van der Waals surface area contributed by atoms with Gasteiger partial charge in [0, 0.05) is 5.56 Å². The van der Waals surface area contributed by atoms with Crippen LogP contribution in [0.4, 0.5) is 0 Å². The molecule has 0 unspecified atom stereocenters. The Balaban J connectivity index is 2.54. The first-order chi connectivity index (χ1) is 7.77. The van der Waals surface area contributed by atoms with Crippen LogP contribution in [0.3, 0.4) is 0 Å². The van der Waals surface area contributed by atoms with Crippen LogP contribution >= 0.6 is 11.8 Å². The van der Waals surface area contributed by atoms with Crippen molar-refractivity contribution in [3.05, 3.63) is 29.8 Å². The van der Waals surface area contributed by atoms with Crippen LogP contribution in [-0.4, -0.2) is 29.7 Å². The van der Waals surface area contributed by atoms with Gasteiger partial charge in [0.25, 0.3) is 0 Å². The van der Waals surface area contributed by atoms with Gasteiger partial charge in [0.05, 0.1) is 6.61 Å². The maximum Gasteiger partial charge on any atom is 0.170 e. The molecule has 4 nitrogen and oxygen atoms in total. The second-order valence-corrected chi connectivity index (χ2v) is 4.19. The summed E-state index contributed by atoms with van der Waals surface area (Å²) in [6.07, 6.45) is 3.08. The number of ether oxygens (including phenoxy) is 1. The summed E-state index contributed by atoms with van der Waals surface area (Å²) in [5.41, 5.74) is 6.14. The fourth-order valence-electron chi connectivity index (χ4n) is 1.20. The van der Waals surface area contributed by atoms with E-state index >= 15 is 0 Å². The molecule has 0 fully saturated rings. The summed E-state index contributed by atoms with van der Waals surface area (Å²) < 4.78 is 5.54. The van der Waals surface area contributed by atoms with Crippen LogP contribution in [0.15, 0.2) is 29.4 Å². The number of hydrogen-bond donors (Lipinski definition) is 2. The van der Waals surface area contributed by atoms with Crippen molar-refractivity contribution in [1.82, 2.24) is 0 Å². The Morgan fingerprint density at radius 2 is 2.38 bits per heavy atom. The number of nitrogens with two attached hydrogens (primary N) is 1. The van der Waals surface area contributed by atoms with Gasteiger partial charge in [0.2, 0.25) is 0 Å². The quantitative estimate of drug-likeness (QED) is 0.262. The van der Waals surface area contributed by atoms with Gasteiger partial charge in [-0.3, -0.25) is 0 Å². The molecule has 0 atom stereocenters. The van der Waals surface area contributed by atoms with Crippen molar-refractivity contribution in [2.45, 2.75) is 6.42 Å². The van der Waals surface area contributed by atoms with Crippen molar-refractivity contribution in [1.29, 1.82) is 0 Å². The number of amidine groups is 1. The van der Waals surface area contributed by atoms with E-state index in [4.69, 9.17) is 15.7 Å². The maximum absolute atomic E-state index is 8.54. The molecule has 0 radical (unpaired) electrons. The van der Waals surface area contributed by atoms with Crippen molar-refractivity contribution >= 4 is 17.6 Å². The molecule has 0 bridgehead atoms. The van der Waals surface area contributed by atoms with E-state index < -0.39 is 0 Å². The van der Waals surface area contributed by atoms with Crippen LogP contribution in [0.2, 0.25) is 0 Å². The summed E-state index contributed by atoms with van der Waals surface area (Å²) >= 11 is 1.80. The SMILES string of the molecule is CSCCCOc1cccc(/C(N)=N/O)c1. The van der Waals surface area contributed by atoms with Crippen LogP contribution in [-0.2, 0) is 0 Å². The monoisotopic (exact) mass is 240 g/mol.